The molecule has 2 aromatic carbocycles. The van der Waals surface area contributed by atoms with Gasteiger partial charge in [-0.15, -0.1) is 0 Å². The molecule has 126 valence electrons. The van der Waals surface area contributed by atoms with Crippen LogP contribution in [0.1, 0.15) is 22.7 Å². The topological polar surface area (TPSA) is 43.8 Å². The molecular weight excluding hydrogens is 300 g/mol. The van der Waals surface area contributed by atoms with Crippen LogP contribution in [-0.4, -0.2) is 42.2 Å². The molecule has 1 atom stereocenters. The molecule has 0 radical (unpaired) electrons. The number of benzene rings is 2. The normalized spacial score (nSPS) is 16.8. The molecule has 1 saturated heterocycles. The molecule has 0 aliphatic carbocycles. The third-order valence-electron chi connectivity index (χ3n) is 4.98. The Balaban J connectivity index is 1.77. The summed E-state index contributed by atoms with van der Waals surface area (Å²) in [4.78, 5) is 16.4. The largest absolute Gasteiger partial charge is 0.480 e. The Morgan fingerprint density at radius 1 is 0.958 bits per heavy atom. The van der Waals surface area contributed by atoms with Crippen LogP contribution in [0, 0.1) is 13.8 Å². The van der Waals surface area contributed by atoms with E-state index in [4.69, 9.17) is 0 Å². The Bertz CT molecular complexity index is 707. The summed E-state index contributed by atoms with van der Waals surface area (Å²) in [6.45, 7) is 7.24. The van der Waals surface area contributed by atoms with Gasteiger partial charge in [0, 0.05) is 31.9 Å². The van der Waals surface area contributed by atoms with Crippen molar-refractivity contribution in [2.24, 2.45) is 0 Å². The minimum absolute atomic E-state index is 0.567. The van der Waals surface area contributed by atoms with E-state index in [2.05, 4.69) is 21.9 Å². The lowest BCUT2D eigenvalue weighted by Gasteiger charge is -2.39. The molecule has 1 aliphatic rings. The first kappa shape index (κ1) is 16.5. The molecule has 0 amide bonds. The summed E-state index contributed by atoms with van der Waals surface area (Å²) in [5, 5.41) is 9.82. The van der Waals surface area contributed by atoms with E-state index in [1.165, 1.54) is 5.69 Å². The van der Waals surface area contributed by atoms with E-state index in [9.17, 15) is 9.90 Å². The molecule has 0 bridgehead atoms. The Morgan fingerprint density at radius 3 is 2.25 bits per heavy atom. The Morgan fingerprint density at radius 2 is 1.62 bits per heavy atom. The van der Waals surface area contributed by atoms with Gasteiger partial charge in [-0.1, -0.05) is 36.4 Å². The van der Waals surface area contributed by atoms with E-state index in [1.54, 1.807) is 0 Å². The van der Waals surface area contributed by atoms with Crippen molar-refractivity contribution in [1.29, 1.82) is 0 Å². The first-order valence-electron chi connectivity index (χ1n) is 8.41. The standard InChI is InChI=1S/C20H24N2O2/c1-15-7-6-10-18(16(15)2)19(20(23)24)22-13-11-21(12-14-22)17-8-4-3-5-9-17/h3-10,19H,11-14H2,1-2H3,(H,23,24)/t19-/m1/s1. The molecular formula is C20H24N2O2. The molecule has 0 spiro atoms. The predicted octanol–water partition coefficient (Wildman–Crippen LogP) is 3.25. The van der Waals surface area contributed by atoms with E-state index < -0.39 is 12.0 Å². The maximum Gasteiger partial charge on any atom is 0.325 e. The van der Waals surface area contributed by atoms with Crippen LogP contribution >= 0.6 is 0 Å². The molecule has 4 nitrogen and oxygen atoms in total. The van der Waals surface area contributed by atoms with E-state index in [1.807, 2.05) is 50.2 Å². The minimum Gasteiger partial charge on any atom is -0.480 e. The molecule has 1 heterocycles. The van der Waals surface area contributed by atoms with Crippen molar-refractivity contribution in [1.82, 2.24) is 4.90 Å². The second kappa shape index (κ2) is 7.05. The van der Waals surface area contributed by atoms with Gasteiger partial charge in [-0.25, -0.2) is 0 Å². The van der Waals surface area contributed by atoms with Gasteiger partial charge in [-0.3, -0.25) is 9.69 Å². The maximum atomic E-state index is 12.0. The van der Waals surface area contributed by atoms with Gasteiger partial charge in [0.15, 0.2) is 0 Å². The van der Waals surface area contributed by atoms with E-state index in [0.717, 1.165) is 42.9 Å². The average molecular weight is 324 g/mol. The quantitative estimate of drug-likeness (QED) is 0.937. The van der Waals surface area contributed by atoms with Gasteiger partial charge in [-0.05, 0) is 42.7 Å². The average Bonchev–Trinajstić information content (AvgIpc) is 2.60. The van der Waals surface area contributed by atoms with Crippen molar-refractivity contribution in [3.8, 4) is 0 Å². The van der Waals surface area contributed by atoms with Gasteiger partial charge in [-0.2, -0.15) is 0 Å². The van der Waals surface area contributed by atoms with Gasteiger partial charge in [0.05, 0.1) is 0 Å². The smallest absolute Gasteiger partial charge is 0.325 e. The monoisotopic (exact) mass is 324 g/mol. The van der Waals surface area contributed by atoms with Crippen LogP contribution in [-0.2, 0) is 4.79 Å². The number of hydrogen-bond acceptors (Lipinski definition) is 3. The first-order chi connectivity index (χ1) is 11.6. The molecule has 0 aromatic heterocycles. The van der Waals surface area contributed by atoms with Gasteiger partial charge in [0.25, 0.3) is 0 Å². The Labute approximate surface area is 143 Å². The number of aryl methyl sites for hydroxylation is 1. The lowest BCUT2D eigenvalue weighted by Crippen LogP contribution is -2.49. The summed E-state index contributed by atoms with van der Waals surface area (Å²) in [7, 11) is 0. The molecule has 1 N–H and O–H groups in total. The summed E-state index contributed by atoms with van der Waals surface area (Å²) in [5.74, 6) is -0.767. The lowest BCUT2D eigenvalue weighted by molar-refractivity contribution is -0.143. The van der Waals surface area contributed by atoms with Crippen LogP contribution in [0.2, 0.25) is 0 Å². The number of hydrogen-bond donors (Lipinski definition) is 1. The highest BCUT2D eigenvalue weighted by molar-refractivity contribution is 5.76. The fraction of sp³-hybridized carbons (Fsp3) is 0.350. The number of anilines is 1. The van der Waals surface area contributed by atoms with E-state index in [0.29, 0.717) is 0 Å². The molecule has 0 unspecified atom stereocenters. The van der Waals surface area contributed by atoms with Crippen molar-refractivity contribution in [3.05, 3.63) is 65.2 Å². The second-order valence-corrected chi connectivity index (χ2v) is 6.39. The number of piperazine rings is 1. The second-order valence-electron chi connectivity index (χ2n) is 6.39. The highest BCUT2D eigenvalue weighted by atomic mass is 16.4. The highest BCUT2D eigenvalue weighted by Crippen LogP contribution is 2.28. The highest BCUT2D eigenvalue weighted by Gasteiger charge is 2.31. The van der Waals surface area contributed by atoms with Crippen LogP contribution in [0.3, 0.4) is 0 Å². The molecule has 3 rings (SSSR count). The van der Waals surface area contributed by atoms with Crippen LogP contribution < -0.4 is 4.90 Å². The SMILES string of the molecule is Cc1cccc([C@H](C(=O)O)N2CCN(c3ccccc3)CC2)c1C. The van der Waals surface area contributed by atoms with Gasteiger partial charge in [0.1, 0.15) is 6.04 Å². The summed E-state index contributed by atoms with van der Waals surface area (Å²) >= 11 is 0. The zero-order valence-electron chi connectivity index (χ0n) is 14.3. The van der Waals surface area contributed by atoms with Gasteiger partial charge >= 0.3 is 5.97 Å². The number of nitrogens with zero attached hydrogens (tertiary/aromatic N) is 2. The Hall–Kier alpha value is -2.33. The number of carboxylic acid groups (broad SMARTS) is 1. The molecule has 1 aliphatic heterocycles. The minimum atomic E-state index is -0.767. The predicted molar refractivity (Wildman–Crippen MR) is 96.5 cm³/mol. The maximum absolute atomic E-state index is 12.0. The number of carbonyl (C=O) groups is 1. The van der Waals surface area contributed by atoms with Crippen LogP contribution in [0.15, 0.2) is 48.5 Å². The third-order valence-corrected chi connectivity index (χ3v) is 4.98. The fourth-order valence-corrected chi connectivity index (χ4v) is 3.43. The van der Waals surface area contributed by atoms with Crippen molar-refractivity contribution < 1.29 is 9.90 Å². The zero-order chi connectivity index (χ0) is 17.1. The summed E-state index contributed by atoms with van der Waals surface area (Å²) < 4.78 is 0. The molecule has 2 aromatic rings. The molecule has 1 fully saturated rings. The van der Waals surface area contributed by atoms with Crippen molar-refractivity contribution in [2.75, 3.05) is 31.1 Å². The van der Waals surface area contributed by atoms with Crippen LogP contribution in [0.25, 0.3) is 0 Å². The van der Waals surface area contributed by atoms with Gasteiger partial charge < -0.3 is 10.0 Å². The summed E-state index contributed by atoms with van der Waals surface area (Å²) in [6, 6.07) is 15.7. The molecule has 24 heavy (non-hydrogen) atoms. The molecule has 0 saturated carbocycles. The fourth-order valence-electron chi connectivity index (χ4n) is 3.43. The first-order valence-corrected chi connectivity index (χ1v) is 8.41. The number of carboxylic acids is 1. The zero-order valence-corrected chi connectivity index (χ0v) is 14.3. The summed E-state index contributed by atoms with van der Waals surface area (Å²) in [5.41, 5.74) is 4.34. The Kier molecular flexibility index (Phi) is 4.86. The van der Waals surface area contributed by atoms with E-state index >= 15 is 0 Å². The van der Waals surface area contributed by atoms with Crippen LogP contribution in [0.4, 0.5) is 5.69 Å². The number of para-hydroxylation sites is 1. The van der Waals surface area contributed by atoms with Crippen molar-refractivity contribution in [3.63, 3.8) is 0 Å². The number of aliphatic carboxylic acids is 1. The third kappa shape index (κ3) is 3.29. The van der Waals surface area contributed by atoms with Crippen LogP contribution in [0.5, 0.6) is 0 Å². The van der Waals surface area contributed by atoms with Crippen molar-refractivity contribution >= 4 is 11.7 Å². The lowest BCUT2D eigenvalue weighted by atomic mass is 9.96. The van der Waals surface area contributed by atoms with E-state index in [-0.39, 0.29) is 0 Å². The number of rotatable bonds is 4. The van der Waals surface area contributed by atoms with Crippen molar-refractivity contribution in [2.45, 2.75) is 19.9 Å². The summed E-state index contributed by atoms with van der Waals surface area (Å²) in [6.07, 6.45) is 0. The van der Waals surface area contributed by atoms with Gasteiger partial charge in [0.2, 0.25) is 0 Å². The molecule has 4 heteroatoms.